The normalized spacial score (nSPS) is 26.9. The van der Waals surface area contributed by atoms with E-state index in [0.29, 0.717) is 5.92 Å². The summed E-state index contributed by atoms with van der Waals surface area (Å²) < 4.78 is 0. The second-order valence-corrected chi connectivity index (χ2v) is 6.41. The molecule has 1 aliphatic carbocycles. The first kappa shape index (κ1) is 13.1. The van der Waals surface area contributed by atoms with Gasteiger partial charge in [0.05, 0.1) is 6.10 Å². The van der Waals surface area contributed by atoms with Crippen LogP contribution in [-0.4, -0.2) is 11.2 Å². The molecule has 0 amide bonds. The smallest absolute Gasteiger partial charge is 0.0571 e. The van der Waals surface area contributed by atoms with Gasteiger partial charge >= 0.3 is 0 Å². The van der Waals surface area contributed by atoms with Crippen molar-refractivity contribution < 1.29 is 5.11 Å². The van der Waals surface area contributed by atoms with Crippen molar-refractivity contribution in [2.45, 2.75) is 58.0 Å². The fourth-order valence-electron chi connectivity index (χ4n) is 2.96. The summed E-state index contributed by atoms with van der Waals surface area (Å²) in [7, 11) is 0. The van der Waals surface area contributed by atoms with Gasteiger partial charge in [0, 0.05) is 4.88 Å². The lowest BCUT2D eigenvalue weighted by atomic mass is 9.77. The van der Waals surface area contributed by atoms with Gasteiger partial charge in [-0.2, -0.15) is 0 Å². The Balaban J connectivity index is 1.71. The van der Waals surface area contributed by atoms with Gasteiger partial charge in [0.25, 0.3) is 0 Å². The van der Waals surface area contributed by atoms with Gasteiger partial charge in [-0.3, -0.25) is 0 Å². The molecular weight excluding hydrogens is 228 g/mol. The third-order valence-electron chi connectivity index (χ3n) is 4.28. The first-order valence-corrected chi connectivity index (χ1v) is 7.88. The molecule has 1 saturated carbocycles. The molecule has 1 aromatic heterocycles. The zero-order chi connectivity index (χ0) is 12.1. The summed E-state index contributed by atoms with van der Waals surface area (Å²) >= 11 is 1.80. The molecule has 17 heavy (non-hydrogen) atoms. The van der Waals surface area contributed by atoms with Gasteiger partial charge in [0.15, 0.2) is 0 Å². The fraction of sp³-hybridized carbons (Fsp3) is 0.733. The molecular formula is C15H24OS. The summed E-state index contributed by atoms with van der Waals surface area (Å²) in [6.07, 6.45) is 8.38. The standard InChI is InChI=1S/C15H24OS/c1-2-12-5-7-13(8-6-12)15(16)10-9-14-4-3-11-17-14/h3-4,11-13,15-16H,2,5-10H2,1H3. The van der Waals surface area contributed by atoms with Crippen LogP contribution in [0.3, 0.4) is 0 Å². The van der Waals surface area contributed by atoms with Crippen LogP contribution in [0.4, 0.5) is 0 Å². The largest absolute Gasteiger partial charge is 0.393 e. The monoisotopic (exact) mass is 252 g/mol. The van der Waals surface area contributed by atoms with Gasteiger partial charge in [-0.05, 0) is 49.0 Å². The molecule has 1 unspecified atom stereocenters. The van der Waals surface area contributed by atoms with E-state index in [1.165, 1.54) is 37.0 Å². The van der Waals surface area contributed by atoms with Crippen molar-refractivity contribution in [3.8, 4) is 0 Å². The van der Waals surface area contributed by atoms with Gasteiger partial charge < -0.3 is 5.11 Å². The van der Waals surface area contributed by atoms with E-state index < -0.39 is 0 Å². The van der Waals surface area contributed by atoms with Crippen LogP contribution in [0.15, 0.2) is 17.5 Å². The highest BCUT2D eigenvalue weighted by molar-refractivity contribution is 7.09. The molecule has 1 atom stereocenters. The Kier molecular flexibility index (Phi) is 5.05. The number of aliphatic hydroxyl groups excluding tert-OH is 1. The lowest BCUT2D eigenvalue weighted by Crippen LogP contribution is -2.26. The van der Waals surface area contributed by atoms with Gasteiger partial charge in [0.2, 0.25) is 0 Å². The van der Waals surface area contributed by atoms with Crippen LogP contribution in [-0.2, 0) is 6.42 Å². The van der Waals surface area contributed by atoms with Crippen LogP contribution in [0.25, 0.3) is 0 Å². The average molecular weight is 252 g/mol. The average Bonchev–Trinajstić information content (AvgIpc) is 2.89. The molecule has 0 saturated heterocycles. The van der Waals surface area contributed by atoms with Crippen molar-refractivity contribution in [3.63, 3.8) is 0 Å². The summed E-state index contributed by atoms with van der Waals surface area (Å²) in [5, 5.41) is 12.4. The Labute approximate surface area is 109 Å². The van der Waals surface area contributed by atoms with Crippen molar-refractivity contribution >= 4 is 11.3 Å². The first-order chi connectivity index (χ1) is 8.29. The first-order valence-electron chi connectivity index (χ1n) is 7.00. The van der Waals surface area contributed by atoms with Crippen LogP contribution in [0.5, 0.6) is 0 Å². The number of thiophene rings is 1. The maximum absolute atomic E-state index is 10.2. The van der Waals surface area contributed by atoms with E-state index in [2.05, 4.69) is 24.4 Å². The summed E-state index contributed by atoms with van der Waals surface area (Å²) in [5.41, 5.74) is 0. The molecule has 1 aliphatic rings. The Morgan fingerprint density at radius 3 is 2.71 bits per heavy atom. The highest BCUT2D eigenvalue weighted by Crippen LogP contribution is 2.33. The molecule has 0 bridgehead atoms. The van der Waals surface area contributed by atoms with E-state index in [0.717, 1.165) is 18.8 Å². The van der Waals surface area contributed by atoms with Crippen molar-refractivity contribution in [1.82, 2.24) is 0 Å². The second-order valence-electron chi connectivity index (χ2n) is 5.37. The second kappa shape index (κ2) is 6.55. The van der Waals surface area contributed by atoms with E-state index in [-0.39, 0.29) is 6.10 Å². The van der Waals surface area contributed by atoms with E-state index in [4.69, 9.17) is 0 Å². The van der Waals surface area contributed by atoms with E-state index in [9.17, 15) is 5.11 Å². The summed E-state index contributed by atoms with van der Waals surface area (Å²) in [6.45, 7) is 2.29. The molecule has 0 aromatic carbocycles. The highest BCUT2D eigenvalue weighted by atomic mass is 32.1. The quantitative estimate of drug-likeness (QED) is 0.830. The fourth-order valence-corrected chi connectivity index (χ4v) is 3.69. The Hall–Kier alpha value is -0.340. The summed E-state index contributed by atoms with van der Waals surface area (Å²) in [5.74, 6) is 1.49. The van der Waals surface area contributed by atoms with Gasteiger partial charge in [-0.1, -0.05) is 32.3 Å². The third-order valence-corrected chi connectivity index (χ3v) is 5.22. The molecule has 1 nitrogen and oxygen atoms in total. The van der Waals surface area contributed by atoms with Crippen molar-refractivity contribution in [3.05, 3.63) is 22.4 Å². The molecule has 1 aromatic rings. The molecule has 0 radical (unpaired) electrons. The van der Waals surface area contributed by atoms with Gasteiger partial charge in [0.1, 0.15) is 0 Å². The molecule has 2 heteroatoms. The Morgan fingerprint density at radius 2 is 2.12 bits per heavy atom. The minimum Gasteiger partial charge on any atom is -0.393 e. The minimum absolute atomic E-state index is 0.0742. The minimum atomic E-state index is -0.0742. The van der Waals surface area contributed by atoms with Crippen LogP contribution in [0, 0.1) is 11.8 Å². The van der Waals surface area contributed by atoms with Crippen LogP contribution in [0.1, 0.15) is 50.3 Å². The van der Waals surface area contributed by atoms with Crippen molar-refractivity contribution in [2.75, 3.05) is 0 Å². The third kappa shape index (κ3) is 3.82. The highest BCUT2D eigenvalue weighted by Gasteiger charge is 2.25. The Bertz CT molecular complexity index is 299. The van der Waals surface area contributed by atoms with Crippen molar-refractivity contribution in [2.24, 2.45) is 11.8 Å². The predicted molar refractivity (Wildman–Crippen MR) is 74.4 cm³/mol. The molecule has 2 rings (SSSR count). The van der Waals surface area contributed by atoms with E-state index in [1.54, 1.807) is 11.3 Å². The van der Waals surface area contributed by atoms with Gasteiger partial charge in [-0.15, -0.1) is 11.3 Å². The number of hydrogen-bond acceptors (Lipinski definition) is 2. The molecule has 1 fully saturated rings. The predicted octanol–water partition coefficient (Wildman–Crippen LogP) is 4.26. The van der Waals surface area contributed by atoms with Crippen LogP contribution >= 0.6 is 11.3 Å². The summed E-state index contributed by atoms with van der Waals surface area (Å²) in [6, 6.07) is 4.27. The van der Waals surface area contributed by atoms with E-state index >= 15 is 0 Å². The van der Waals surface area contributed by atoms with E-state index in [1.807, 2.05) is 0 Å². The lowest BCUT2D eigenvalue weighted by molar-refractivity contribution is 0.0668. The number of aryl methyl sites for hydroxylation is 1. The number of rotatable bonds is 5. The SMILES string of the molecule is CCC1CCC(C(O)CCc2cccs2)CC1. The summed E-state index contributed by atoms with van der Waals surface area (Å²) in [4.78, 5) is 1.41. The molecule has 0 aliphatic heterocycles. The lowest BCUT2D eigenvalue weighted by Gasteiger charge is -2.31. The molecule has 0 spiro atoms. The maximum Gasteiger partial charge on any atom is 0.0571 e. The topological polar surface area (TPSA) is 20.2 Å². The molecule has 1 heterocycles. The molecule has 1 N–H and O–H groups in total. The van der Waals surface area contributed by atoms with Crippen LogP contribution in [0.2, 0.25) is 0 Å². The van der Waals surface area contributed by atoms with Crippen LogP contribution < -0.4 is 0 Å². The van der Waals surface area contributed by atoms with Crippen molar-refractivity contribution in [1.29, 1.82) is 0 Å². The zero-order valence-corrected chi connectivity index (χ0v) is 11.6. The Morgan fingerprint density at radius 1 is 1.35 bits per heavy atom. The molecule has 96 valence electrons. The number of hydrogen-bond donors (Lipinski definition) is 1. The maximum atomic E-state index is 10.2. The van der Waals surface area contributed by atoms with Gasteiger partial charge in [-0.25, -0.2) is 0 Å². The number of aliphatic hydroxyl groups is 1. The zero-order valence-electron chi connectivity index (χ0n) is 10.8.